The van der Waals surface area contributed by atoms with E-state index in [9.17, 15) is 9.59 Å². The Labute approximate surface area is 104 Å². The van der Waals surface area contributed by atoms with Crippen molar-refractivity contribution in [1.82, 2.24) is 4.57 Å². The lowest BCUT2D eigenvalue weighted by molar-refractivity contribution is -0.144. The van der Waals surface area contributed by atoms with Crippen LogP contribution in [-0.4, -0.2) is 29.2 Å². The Hall–Kier alpha value is -1.43. The van der Waals surface area contributed by atoms with Crippen LogP contribution < -0.4 is 11.3 Å². The van der Waals surface area contributed by atoms with Gasteiger partial charge in [0.2, 0.25) is 0 Å². The number of nitrogens with two attached hydrogens (primary N) is 1. The van der Waals surface area contributed by atoms with E-state index in [2.05, 4.69) is 0 Å². The minimum absolute atomic E-state index is 0.0941. The van der Waals surface area contributed by atoms with Crippen molar-refractivity contribution in [3.05, 3.63) is 28.7 Å². The molecule has 0 aliphatic carbocycles. The molecule has 0 radical (unpaired) electrons. The molecule has 1 heterocycles. The number of pyridine rings is 1. The minimum Gasteiger partial charge on any atom is -0.464 e. The molecular formula is C11H16N2O3S. The van der Waals surface area contributed by atoms with Gasteiger partial charge in [0.1, 0.15) is 6.54 Å². The number of ether oxygens (including phenoxy) is 1. The second-order valence-electron chi connectivity index (χ2n) is 3.50. The van der Waals surface area contributed by atoms with Gasteiger partial charge in [-0.15, -0.1) is 0 Å². The molecule has 0 aliphatic heterocycles. The number of thioether (sulfide) groups is 1. The number of hydrogen-bond donors (Lipinski definition) is 1. The minimum atomic E-state index is -0.418. The van der Waals surface area contributed by atoms with Gasteiger partial charge in [-0.05, 0) is 24.5 Å². The molecule has 0 saturated heterocycles. The number of carbonyl (C=O) groups is 1. The van der Waals surface area contributed by atoms with Gasteiger partial charge in [-0.25, -0.2) is 0 Å². The molecule has 0 amide bonds. The summed E-state index contributed by atoms with van der Waals surface area (Å²) in [7, 11) is 0. The summed E-state index contributed by atoms with van der Waals surface area (Å²) in [5, 5.41) is 0. The van der Waals surface area contributed by atoms with Crippen LogP contribution in [0.4, 0.5) is 5.69 Å². The molecule has 0 fully saturated rings. The Kier molecular flexibility index (Phi) is 5.62. The van der Waals surface area contributed by atoms with Crippen LogP contribution in [0.1, 0.15) is 6.42 Å². The van der Waals surface area contributed by atoms with Crippen LogP contribution in [0.5, 0.6) is 0 Å². The largest absolute Gasteiger partial charge is 0.464 e. The first-order valence-corrected chi connectivity index (χ1v) is 6.63. The Morgan fingerprint density at radius 1 is 1.53 bits per heavy atom. The first kappa shape index (κ1) is 13.6. The highest BCUT2D eigenvalue weighted by Gasteiger charge is 2.05. The van der Waals surface area contributed by atoms with Crippen molar-refractivity contribution in [2.75, 3.05) is 24.3 Å². The van der Waals surface area contributed by atoms with Gasteiger partial charge in [0, 0.05) is 18.0 Å². The Balaban J connectivity index is 2.45. The Morgan fingerprint density at radius 3 is 3.00 bits per heavy atom. The number of nitrogens with zero attached hydrogens (tertiary/aromatic N) is 1. The van der Waals surface area contributed by atoms with Crippen LogP contribution in [0.3, 0.4) is 0 Å². The van der Waals surface area contributed by atoms with Crippen molar-refractivity contribution in [2.45, 2.75) is 13.0 Å². The zero-order valence-electron chi connectivity index (χ0n) is 9.72. The fourth-order valence-electron chi connectivity index (χ4n) is 1.25. The Morgan fingerprint density at radius 2 is 2.29 bits per heavy atom. The number of nitrogen functional groups attached to an aromatic ring is 1. The van der Waals surface area contributed by atoms with Crippen LogP contribution in [0.25, 0.3) is 0 Å². The second kappa shape index (κ2) is 7.01. The molecule has 1 rings (SSSR count). The van der Waals surface area contributed by atoms with Gasteiger partial charge in [0.05, 0.1) is 6.61 Å². The third-order valence-corrected chi connectivity index (χ3v) is 2.76. The van der Waals surface area contributed by atoms with Crippen molar-refractivity contribution in [3.63, 3.8) is 0 Å². The monoisotopic (exact) mass is 256 g/mol. The molecule has 2 N–H and O–H groups in total. The summed E-state index contributed by atoms with van der Waals surface area (Å²) < 4.78 is 6.23. The third kappa shape index (κ3) is 4.95. The summed E-state index contributed by atoms with van der Waals surface area (Å²) in [4.78, 5) is 22.8. The van der Waals surface area contributed by atoms with Crippen molar-refractivity contribution < 1.29 is 9.53 Å². The summed E-state index contributed by atoms with van der Waals surface area (Å²) in [5.74, 6) is 0.532. The molecule has 5 nitrogen and oxygen atoms in total. The van der Waals surface area contributed by atoms with E-state index in [1.165, 1.54) is 22.9 Å². The number of esters is 1. The van der Waals surface area contributed by atoms with Crippen LogP contribution in [0.15, 0.2) is 23.1 Å². The first-order valence-electron chi connectivity index (χ1n) is 5.24. The predicted molar refractivity (Wildman–Crippen MR) is 69.1 cm³/mol. The molecule has 0 aromatic carbocycles. The van der Waals surface area contributed by atoms with E-state index < -0.39 is 5.97 Å². The highest BCUT2D eigenvalue weighted by Crippen LogP contribution is 1.98. The van der Waals surface area contributed by atoms with Gasteiger partial charge >= 0.3 is 5.97 Å². The van der Waals surface area contributed by atoms with Gasteiger partial charge < -0.3 is 15.0 Å². The van der Waals surface area contributed by atoms with Crippen molar-refractivity contribution >= 4 is 23.4 Å². The SMILES string of the molecule is CSCCCOC(=O)Cn1cc(N)ccc1=O. The molecule has 6 heteroatoms. The van der Waals surface area contributed by atoms with Crippen molar-refractivity contribution in [1.29, 1.82) is 0 Å². The maximum absolute atomic E-state index is 11.4. The van der Waals surface area contributed by atoms with Crippen molar-refractivity contribution in [2.24, 2.45) is 0 Å². The summed E-state index contributed by atoms with van der Waals surface area (Å²) in [6.07, 6.45) is 4.25. The third-order valence-electron chi connectivity index (χ3n) is 2.06. The van der Waals surface area contributed by atoms with E-state index >= 15 is 0 Å². The van der Waals surface area contributed by atoms with E-state index in [-0.39, 0.29) is 12.1 Å². The summed E-state index contributed by atoms with van der Waals surface area (Å²) in [6.45, 7) is 0.292. The molecule has 0 bridgehead atoms. The van der Waals surface area contributed by atoms with Gasteiger partial charge in [-0.2, -0.15) is 11.8 Å². The van der Waals surface area contributed by atoms with Crippen LogP contribution in [0.2, 0.25) is 0 Å². The molecule has 0 spiro atoms. The summed E-state index contributed by atoms with van der Waals surface area (Å²) >= 11 is 1.70. The average Bonchev–Trinajstić information content (AvgIpc) is 2.29. The van der Waals surface area contributed by atoms with Crippen LogP contribution in [-0.2, 0) is 16.1 Å². The standard InChI is InChI=1S/C11H16N2O3S/c1-17-6-2-5-16-11(15)8-13-7-9(12)3-4-10(13)14/h3-4,7H,2,5-6,8,12H2,1H3. The zero-order chi connectivity index (χ0) is 12.7. The van der Waals surface area contributed by atoms with E-state index in [1.54, 1.807) is 11.8 Å². The quantitative estimate of drug-likeness (QED) is 0.600. The number of anilines is 1. The topological polar surface area (TPSA) is 74.3 Å². The molecule has 0 atom stereocenters. The van der Waals surface area contributed by atoms with Crippen molar-refractivity contribution in [3.8, 4) is 0 Å². The first-order chi connectivity index (χ1) is 8.13. The number of hydrogen-bond acceptors (Lipinski definition) is 5. The molecule has 0 saturated carbocycles. The van der Waals surface area contributed by atoms with Gasteiger partial charge in [0.15, 0.2) is 0 Å². The van der Waals surface area contributed by atoms with Crippen LogP contribution >= 0.6 is 11.8 Å². The maximum Gasteiger partial charge on any atom is 0.326 e. The predicted octanol–water partition coefficient (Wildman–Crippen LogP) is 0.727. The fraction of sp³-hybridized carbons (Fsp3) is 0.455. The fourth-order valence-corrected chi connectivity index (χ4v) is 1.65. The lowest BCUT2D eigenvalue weighted by Gasteiger charge is -2.06. The molecule has 1 aromatic rings. The second-order valence-corrected chi connectivity index (χ2v) is 4.48. The zero-order valence-corrected chi connectivity index (χ0v) is 10.5. The van der Waals surface area contributed by atoms with Gasteiger partial charge in [-0.3, -0.25) is 9.59 Å². The Bertz CT molecular complexity index is 431. The lowest BCUT2D eigenvalue weighted by atomic mass is 10.4. The van der Waals surface area contributed by atoms with E-state index in [0.717, 1.165) is 12.2 Å². The molecule has 1 aromatic heterocycles. The number of rotatable bonds is 6. The molecule has 0 unspecified atom stereocenters. The lowest BCUT2D eigenvalue weighted by Crippen LogP contribution is -2.24. The van der Waals surface area contributed by atoms with E-state index in [1.807, 2.05) is 6.26 Å². The maximum atomic E-state index is 11.4. The van der Waals surface area contributed by atoms with E-state index in [0.29, 0.717) is 12.3 Å². The molecule has 94 valence electrons. The molecule has 0 aliphatic rings. The molecule has 17 heavy (non-hydrogen) atoms. The normalized spacial score (nSPS) is 10.2. The van der Waals surface area contributed by atoms with Crippen LogP contribution in [0, 0.1) is 0 Å². The summed E-state index contributed by atoms with van der Waals surface area (Å²) in [6, 6.07) is 2.83. The highest BCUT2D eigenvalue weighted by molar-refractivity contribution is 7.98. The molecular weight excluding hydrogens is 240 g/mol. The average molecular weight is 256 g/mol. The highest BCUT2D eigenvalue weighted by atomic mass is 32.2. The smallest absolute Gasteiger partial charge is 0.326 e. The van der Waals surface area contributed by atoms with E-state index in [4.69, 9.17) is 10.5 Å². The number of carbonyl (C=O) groups excluding carboxylic acids is 1. The number of aromatic nitrogens is 1. The van der Waals surface area contributed by atoms with Gasteiger partial charge in [-0.1, -0.05) is 0 Å². The van der Waals surface area contributed by atoms with Gasteiger partial charge in [0.25, 0.3) is 5.56 Å². The summed E-state index contributed by atoms with van der Waals surface area (Å²) in [5.41, 5.74) is 5.71.